The Labute approximate surface area is 159 Å². The number of sulfone groups is 1. The van der Waals surface area contributed by atoms with Crippen LogP contribution in [-0.2, 0) is 16.3 Å². The molecule has 3 heterocycles. The third kappa shape index (κ3) is 3.70. The van der Waals surface area contributed by atoms with Crippen molar-refractivity contribution in [2.24, 2.45) is 5.41 Å². The highest BCUT2D eigenvalue weighted by Gasteiger charge is 2.45. The summed E-state index contributed by atoms with van der Waals surface area (Å²) in [6.45, 7) is 3.73. The number of amides is 2. The first-order chi connectivity index (χ1) is 12.9. The number of carbonyl (C=O) groups is 1. The van der Waals surface area contributed by atoms with Crippen molar-refractivity contribution >= 4 is 26.8 Å². The van der Waals surface area contributed by atoms with Crippen LogP contribution >= 0.6 is 0 Å². The van der Waals surface area contributed by atoms with E-state index in [0.717, 1.165) is 35.1 Å². The second-order valence-electron chi connectivity index (χ2n) is 7.98. The second-order valence-corrected chi connectivity index (χ2v) is 10.2. The van der Waals surface area contributed by atoms with Crippen molar-refractivity contribution in [1.29, 1.82) is 0 Å². The van der Waals surface area contributed by atoms with Crippen LogP contribution in [0.3, 0.4) is 0 Å². The van der Waals surface area contributed by atoms with Gasteiger partial charge in [0, 0.05) is 36.0 Å². The molecule has 2 saturated heterocycles. The molecular formula is C20H26N2O4S. The lowest BCUT2D eigenvalue weighted by molar-refractivity contribution is 0.122. The average molecular weight is 391 g/mol. The van der Waals surface area contributed by atoms with E-state index in [2.05, 4.69) is 5.32 Å². The van der Waals surface area contributed by atoms with E-state index in [9.17, 15) is 13.2 Å². The maximum atomic E-state index is 12.6. The van der Waals surface area contributed by atoms with Crippen molar-refractivity contribution in [3.8, 4) is 0 Å². The number of aryl methyl sites for hydroxylation is 1. The summed E-state index contributed by atoms with van der Waals surface area (Å²) >= 11 is 0. The minimum absolute atomic E-state index is 0.0937. The molecule has 0 aliphatic carbocycles. The minimum atomic E-state index is -2.94. The third-order valence-corrected chi connectivity index (χ3v) is 7.85. The fourth-order valence-corrected chi connectivity index (χ4v) is 6.83. The van der Waals surface area contributed by atoms with Gasteiger partial charge in [-0.1, -0.05) is 18.2 Å². The number of nitrogens with zero attached hydrogens (tertiary/aromatic N) is 1. The maximum Gasteiger partial charge on any atom is 0.317 e. The number of urea groups is 1. The Morgan fingerprint density at radius 3 is 2.89 bits per heavy atom. The van der Waals surface area contributed by atoms with Crippen LogP contribution in [0.5, 0.6) is 0 Å². The molecule has 2 amide bonds. The Kier molecular flexibility index (Phi) is 4.66. The van der Waals surface area contributed by atoms with Crippen LogP contribution in [0.15, 0.2) is 28.7 Å². The number of para-hydroxylation sites is 1. The molecule has 7 heteroatoms. The predicted molar refractivity (Wildman–Crippen MR) is 105 cm³/mol. The fourth-order valence-electron chi connectivity index (χ4n) is 4.62. The summed E-state index contributed by atoms with van der Waals surface area (Å²) in [5.41, 5.74) is 1.77. The summed E-state index contributed by atoms with van der Waals surface area (Å²) in [6.07, 6.45) is 3.16. The van der Waals surface area contributed by atoms with Gasteiger partial charge in [-0.25, -0.2) is 13.2 Å². The largest absolute Gasteiger partial charge is 0.461 e. The molecule has 1 unspecified atom stereocenters. The number of piperidine rings is 1. The smallest absolute Gasteiger partial charge is 0.317 e. The van der Waals surface area contributed by atoms with Gasteiger partial charge in [-0.3, -0.25) is 0 Å². The van der Waals surface area contributed by atoms with E-state index < -0.39 is 9.84 Å². The summed E-state index contributed by atoms with van der Waals surface area (Å²) in [7, 11) is -2.94. The molecule has 0 radical (unpaired) electrons. The zero-order valence-corrected chi connectivity index (χ0v) is 16.5. The first-order valence-electron chi connectivity index (χ1n) is 9.58. The summed E-state index contributed by atoms with van der Waals surface area (Å²) < 4.78 is 29.6. The molecule has 1 atom stereocenters. The molecule has 4 rings (SSSR count). The van der Waals surface area contributed by atoms with Gasteiger partial charge in [-0.2, -0.15) is 0 Å². The van der Waals surface area contributed by atoms with Crippen molar-refractivity contribution in [3.05, 3.63) is 35.6 Å². The van der Waals surface area contributed by atoms with Crippen molar-refractivity contribution in [1.82, 2.24) is 10.2 Å². The number of hydrogen-bond acceptors (Lipinski definition) is 4. The van der Waals surface area contributed by atoms with E-state index >= 15 is 0 Å². The average Bonchev–Trinajstić information content (AvgIpc) is 3.11. The lowest BCUT2D eigenvalue weighted by Gasteiger charge is -2.39. The van der Waals surface area contributed by atoms with Crippen molar-refractivity contribution in [2.75, 3.05) is 31.1 Å². The van der Waals surface area contributed by atoms with Gasteiger partial charge in [0.2, 0.25) is 0 Å². The number of carbonyl (C=O) groups excluding carboxylic acids is 1. The van der Waals surface area contributed by atoms with Gasteiger partial charge in [0.05, 0.1) is 11.5 Å². The number of fused-ring (bicyclic) bond motifs is 1. The monoisotopic (exact) mass is 390 g/mol. The summed E-state index contributed by atoms with van der Waals surface area (Å²) in [4.78, 5) is 14.4. The molecule has 2 aromatic rings. The van der Waals surface area contributed by atoms with Gasteiger partial charge in [0.25, 0.3) is 0 Å². The molecule has 0 bridgehead atoms. The van der Waals surface area contributed by atoms with E-state index in [4.69, 9.17) is 4.42 Å². The number of likely N-dealkylation sites (tertiary alicyclic amines) is 1. The summed E-state index contributed by atoms with van der Waals surface area (Å²) in [5, 5.41) is 4.10. The minimum Gasteiger partial charge on any atom is -0.461 e. The Morgan fingerprint density at radius 1 is 1.30 bits per heavy atom. The molecule has 2 fully saturated rings. The van der Waals surface area contributed by atoms with Crippen molar-refractivity contribution < 1.29 is 17.6 Å². The maximum absolute atomic E-state index is 12.6. The highest BCUT2D eigenvalue weighted by molar-refractivity contribution is 7.91. The Balaban J connectivity index is 1.36. The van der Waals surface area contributed by atoms with Crippen LogP contribution in [0, 0.1) is 12.3 Å². The summed E-state index contributed by atoms with van der Waals surface area (Å²) in [5.74, 6) is 1.37. The second kappa shape index (κ2) is 6.86. The highest BCUT2D eigenvalue weighted by atomic mass is 32.2. The number of benzene rings is 1. The highest BCUT2D eigenvalue weighted by Crippen LogP contribution is 2.40. The van der Waals surface area contributed by atoms with Gasteiger partial charge >= 0.3 is 6.03 Å². The van der Waals surface area contributed by atoms with Crippen molar-refractivity contribution in [3.63, 3.8) is 0 Å². The summed E-state index contributed by atoms with van der Waals surface area (Å²) in [6, 6.07) is 7.84. The Morgan fingerprint density at radius 2 is 2.11 bits per heavy atom. The molecule has 1 spiro atoms. The van der Waals surface area contributed by atoms with Gasteiger partial charge < -0.3 is 14.6 Å². The third-order valence-electron chi connectivity index (χ3n) is 5.97. The van der Waals surface area contributed by atoms with Crippen molar-refractivity contribution in [2.45, 2.75) is 32.6 Å². The van der Waals surface area contributed by atoms with Crippen LogP contribution in [0.2, 0.25) is 0 Å². The molecule has 27 heavy (non-hydrogen) atoms. The molecule has 0 saturated carbocycles. The molecule has 1 N–H and O–H groups in total. The molecule has 1 aromatic carbocycles. The number of hydrogen-bond donors (Lipinski definition) is 1. The predicted octanol–water partition coefficient (Wildman–Crippen LogP) is 2.89. The van der Waals surface area contributed by atoms with Gasteiger partial charge in [-0.15, -0.1) is 0 Å². The zero-order chi connectivity index (χ0) is 19.1. The SMILES string of the molecule is Cc1oc2ccccc2c1CCNC(=O)N1CCCC2(CCS(=O)(=O)C2)C1. The quantitative estimate of drug-likeness (QED) is 0.874. The lowest BCUT2D eigenvalue weighted by Crippen LogP contribution is -2.50. The molecule has 2 aliphatic heterocycles. The van der Waals surface area contributed by atoms with Crippen LogP contribution in [0.1, 0.15) is 30.6 Å². The topological polar surface area (TPSA) is 79.6 Å². The first kappa shape index (κ1) is 18.3. The molecule has 1 aromatic heterocycles. The fraction of sp³-hybridized carbons (Fsp3) is 0.550. The molecular weight excluding hydrogens is 364 g/mol. The van der Waals surface area contributed by atoms with E-state index in [1.165, 1.54) is 0 Å². The van der Waals surface area contributed by atoms with Crippen LogP contribution in [-0.4, -0.2) is 50.5 Å². The lowest BCUT2D eigenvalue weighted by atomic mass is 9.80. The normalized spacial score (nSPS) is 24.6. The molecule has 2 aliphatic rings. The van der Waals surface area contributed by atoms with E-state index in [-0.39, 0.29) is 23.0 Å². The van der Waals surface area contributed by atoms with E-state index in [0.29, 0.717) is 32.5 Å². The van der Waals surface area contributed by atoms with Gasteiger partial charge in [0.1, 0.15) is 11.3 Å². The van der Waals surface area contributed by atoms with Gasteiger partial charge in [-0.05, 0) is 38.7 Å². The first-order valence-corrected chi connectivity index (χ1v) is 11.4. The van der Waals surface area contributed by atoms with Gasteiger partial charge in [0.15, 0.2) is 9.84 Å². The Hall–Kier alpha value is -2.02. The number of furan rings is 1. The molecule has 6 nitrogen and oxygen atoms in total. The van der Waals surface area contributed by atoms with E-state index in [1.807, 2.05) is 31.2 Å². The van der Waals surface area contributed by atoms with Crippen LogP contribution in [0.25, 0.3) is 11.0 Å². The number of rotatable bonds is 3. The standard InChI is InChI=1S/C20H26N2O4S/c1-15-16(17-5-2-3-6-18(17)26-15)7-10-21-19(23)22-11-4-8-20(13-22)9-12-27(24,25)14-20/h2-3,5-6H,4,7-14H2,1H3,(H,21,23). The van der Waals surface area contributed by atoms with Crippen LogP contribution in [0.4, 0.5) is 4.79 Å². The van der Waals surface area contributed by atoms with Crippen LogP contribution < -0.4 is 5.32 Å². The Bertz CT molecular complexity index is 966. The van der Waals surface area contributed by atoms with E-state index in [1.54, 1.807) is 4.90 Å². The number of nitrogens with one attached hydrogen (secondary N) is 1. The zero-order valence-electron chi connectivity index (χ0n) is 15.7. The molecule has 146 valence electrons.